The van der Waals surface area contributed by atoms with Gasteiger partial charge in [-0.3, -0.25) is 4.79 Å². The van der Waals surface area contributed by atoms with E-state index in [0.717, 1.165) is 18.4 Å². The van der Waals surface area contributed by atoms with Crippen LogP contribution in [0, 0.1) is 5.82 Å². The molecule has 1 aromatic rings. The smallest absolute Gasteiger partial charge is 0.180 e. The van der Waals surface area contributed by atoms with Gasteiger partial charge < -0.3 is 5.32 Å². The Bertz CT molecular complexity index is 440. The number of nitrogens with one attached hydrogen (secondary N) is 1. The van der Waals surface area contributed by atoms with E-state index in [2.05, 4.69) is 5.32 Å². The molecule has 1 N–H and O–H groups in total. The van der Waals surface area contributed by atoms with Gasteiger partial charge in [-0.25, -0.2) is 4.39 Å². The zero-order valence-corrected chi connectivity index (χ0v) is 9.00. The largest absolute Gasteiger partial charge is 0.304 e. The summed E-state index contributed by atoms with van der Waals surface area (Å²) >= 11 is 0. The highest BCUT2D eigenvalue weighted by Gasteiger charge is 2.32. The average Bonchev–Trinajstić information content (AvgIpc) is 3.07. The van der Waals surface area contributed by atoms with Crippen LogP contribution >= 0.6 is 0 Å². The minimum Gasteiger partial charge on any atom is -0.304 e. The molecule has 2 aliphatic carbocycles. The SMILES string of the molecule is O=C1c2cc(F)ccc2CCC1NC1CC1. The van der Waals surface area contributed by atoms with Crippen LogP contribution in [-0.4, -0.2) is 17.9 Å². The van der Waals surface area contributed by atoms with Crippen molar-refractivity contribution in [2.75, 3.05) is 0 Å². The number of Topliss-reactive ketones (excluding diaryl/α,β-unsaturated/α-hetero) is 1. The molecule has 0 aromatic heterocycles. The molecular weight excluding hydrogens is 205 g/mol. The first kappa shape index (κ1) is 9.97. The Hall–Kier alpha value is -1.22. The van der Waals surface area contributed by atoms with Crippen LogP contribution < -0.4 is 5.32 Å². The summed E-state index contributed by atoms with van der Waals surface area (Å²) in [6.45, 7) is 0. The highest BCUT2D eigenvalue weighted by atomic mass is 19.1. The monoisotopic (exact) mass is 219 g/mol. The van der Waals surface area contributed by atoms with Crippen molar-refractivity contribution in [3.05, 3.63) is 35.1 Å². The zero-order valence-electron chi connectivity index (χ0n) is 9.00. The molecule has 3 rings (SSSR count). The number of benzene rings is 1. The fraction of sp³-hybridized carbons (Fsp3) is 0.462. The summed E-state index contributed by atoms with van der Waals surface area (Å²) < 4.78 is 13.1. The number of hydrogen-bond donors (Lipinski definition) is 1. The van der Waals surface area contributed by atoms with Crippen LogP contribution in [0.2, 0.25) is 0 Å². The van der Waals surface area contributed by atoms with Gasteiger partial charge in [-0.15, -0.1) is 0 Å². The normalized spacial score (nSPS) is 24.3. The lowest BCUT2D eigenvalue weighted by Gasteiger charge is -2.24. The lowest BCUT2D eigenvalue weighted by Crippen LogP contribution is -2.41. The lowest BCUT2D eigenvalue weighted by molar-refractivity contribution is 0.0926. The zero-order chi connectivity index (χ0) is 11.1. The Balaban J connectivity index is 1.87. The van der Waals surface area contributed by atoms with Gasteiger partial charge >= 0.3 is 0 Å². The molecule has 0 aliphatic heterocycles. The Morgan fingerprint density at radius 1 is 1.25 bits per heavy atom. The molecule has 3 heteroatoms. The van der Waals surface area contributed by atoms with Crippen LogP contribution in [0.25, 0.3) is 0 Å². The Morgan fingerprint density at radius 3 is 2.81 bits per heavy atom. The number of carbonyl (C=O) groups excluding carboxylic acids is 1. The van der Waals surface area contributed by atoms with Crippen molar-refractivity contribution in [1.82, 2.24) is 5.32 Å². The average molecular weight is 219 g/mol. The molecule has 2 nitrogen and oxygen atoms in total. The Kier molecular flexibility index (Phi) is 2.28. The molecule has 1 fully saturated rings. The third-order valence-corrected chi connectivity index (χ3v) is 3.37. The highest BCUT2D eigenvalue weighted by molar-refractivity contribution is 6.02. The predicted octanol–water partition coefficient (Wildman–Crippen LogP) is 2.08. The van der Waals surface area contributed by atoms with Crippen LogP contribution in [-0.2, 0) is 6.42 Å². The number of halogens is 1. The van der Waals surface area contributed by atoms with Gasteiger partial charge in [0.2, 0.25) is 0 Å². The second-order valence-corrected chi connectivity index (χ2v) is 4.70. The van der Waals surface area contributed by atoms with Crippen molar-refractivity contribution in [2.24, 2.45) is 0 Å². The van der Waals surface area contributed by atoms with E-state index in [1.165, 1.54) is 25.0 Å². The molecule has 84 valence electrons. The van der Waals surface area contributed by atoms with E-state index < -0.39 is 0 Å². The molecule has 1 saturated carbocycles. The number of rotatable bonds is 2. The van der Waals surface area contributed by atoms with E-state index in [-0.39, 0.29) is 17.6 Å². The van der Waals surface area contributed by atoms with Crippen molar-refractivity contribution in [3.8, 4) is 0 Å². The van der Waals surface area contributed by atoms with Gasteiger partial charge in [-0.1, -0.05) is 6.07 Å². The maximum absolute atomic E-state index is 13.1. The first-order valence-electron chi connectivity index (χ1n) is 5.83. The third kappa shape index (κ3) is 1.76. The minimum absolute atomic E-state index is 0.0626. The van der Waals surface area contributed by atoms with Gasteiger partial charge in [0.25, 0.3) is 0 Å². The van der Waals surface area contributed by atoms with Crippen molar-refractivity contribution in [2.45, 2.75) is 37.8 Å². The van der Waals surface area contributed by atoms with Crippen molar-refractivity contribution in [3.63, 3.8) is 0 Å². The second-order valence-electron chi connectivity index (χ2n) is 4.70. The summed E-state index contributed by atoms with van der Waals surface area (Å²) in [7, 11) is 0. The topological polar surface area (TPSA) is 29.1 Å². The number of fused-ring (bicyclic) bond motifs is 1. The molecule has 0 heterocycles. The Labute approximate surface area is 93.9 Å². The summed E-state index contributed by atoms with van der Waals surface area (Å²) in [5, 5.41) is 3.33. The maximum Gasteiger partial charge on any atom is 0.180 e. The molecule has 1 aromatic carbocycles. The molecule has 0 amide bonds. The standard InChI is InChI=1S/C13H14FNO/c14-9-3-1-8-2-6-12(15-10-4-5-10)13(16)11(8)7-9/h1,3,7,10,12,15H,2,4-6H2. The molecule has 0 radical (unpaired) electrons. The number of aryl methyl sites for hydroxylation is 1. The molecule has 1 atom stereocenters. The van der Waals surface area contributed by atoms with Gasteiger partial charge in [0, 0.05) is 11.6 Å². The lowest BCUT2D eigenvalue weighted by atomic mass is 9.87. The molecule has 0 spiro atoms. The van der Waals surface area contributed by atoms with E-state index >= 15 is 0 Å². The summed E-state index contributed by atoms with van der Waals surface area (Å²) in [6.07, 6.45) is 4.04. The highest BCUT2D eigenvalue weighted by Crippen LogP contribution is 2.26. The fourth-order valence-corrected chi connectivity index (χ4v) is 2.31. The van der Waals surface area contributed by atoms with Crippen LogP contribution in [0.4, 0.5) is 4.39 Å². The van der Waals surface area contributed by atoms with Crippen molar-refractivity contribution in [1.29, 1.82) is 0 Å². The minimum atomic E-state index is -0.320. The summed E-state index contributed by atoms with van der Waals surface area (Å²) in [4.78, 5) is 12.1. The quantitative estimate of drug-likeness (QED) is 0.825. The van der Waals surface area contributed by atoms with Crippen LogP contribution in [0.1, 0.15) is 35.2 Å². The number of carbonyl (C=O) groups is 1. The van der Waals surface area contributed by atoms with Crippen molar-refractivity contribution >= 4 is 5.78 Å². The van der Waals surface area contributed by atoms with E-state index in [0.29, 0.717) is 11.6 Å². The molecular formula is C13H14FNO. The predicted molar refractivity (Wildman–Crippen MR) is 59.0 cm³/mol. The van der Waals surface area contributed by atoms with Crippen LogP contribution in [0.3, 0.4) is 0 Å². The second kappa shape index (κ2) is 3.67. The van der Waals surface area contributed by atoms with Gasteiger partial charge in [0.1, 0.15) is 5.82 Å². The van der Waals surface area contributed by atoms with E-state index in [1.807, 2.05) is 0 Å². The number of hydrogen-bond acceptors (Lipinski definition) is 2. The van der Waals surface area contributed by atoms with Gasteiger partial charge in [-0.2, -0.15) is 0 Å². The van der Waals surface area contributed by atoms with Gasteiger partial charge in [0.15, 0.2) is 5.78 Å². The maximum atomic E-state index is 13.1. The summed E-state index contributed by atoms with van der Waals surface area (Å²) in [5.74, 6) is -0.258. The first-order chi connectivity index (χ1) is 7.74. The Morgan fingerprint density at radius 2 is 2.06 bits per heavy atom. The van der Waals surface area contributed by atoms with Gasteiger partial charge in [-0.05, 0) is 43.4 Å². The third-order valence-electron chi connectivity index (χ3n) is 3.37. The molecule has 0 bridgehead atoms. The van der Waals surface area contributed by atoms with Crippen LogP contribution in [0.5, 0.6) is 0 Å². The molecule has 2 aliphatic rings. The molecule has 1 unspecified atom stereocenters. The van der Waals surface area contributed by atoms with E-state index in [1.54, 1.807) is 6.07 Å². The fourth-order valence-electron chi connectivity index (χ4n) is 2.31. The van der Waals surface area contributed by atoms with E-state index in [4.69, 9.17) is 0 Å². The van der Waals surface area contributed by atoms with Crippen molar-refractivity contribution < 1.29 is 9.18 Å². The van der Waals surface area contributed by atoms with E-state index in [9.17, 15) is 9.18 Å². The first-order valence-corrected chi connectivity index (χ1v) is 5.83. The van der Waals surface area contributed by atoms with Crippen LogP contribution in [0.15, 0.2) is 18.2 Å². The molecule has 0 saturated heterocycles. The number of ketones is 1. The molecule has 16 heavy (non-hydrogen) atoms. The summed E-state index contributed by atoms with van der Waals surface area (Å²) in [5.41, 5.74) is 1.56. The van der Waals surface area contributed by atoms with Gasteiger partial charge in [0.05, 0.1) is 6.04 Å². The summed E-state index contributed by atoms with van der Waals surface area (Å²) in [6, 6.07) is 4.96.